The second-order valence-electron chi connectivity index (χ2n) is 9.40. The number of phenolic OH excluding ortho intramolecular Hbond substituents is 1. The Hall–Kier alpha value is -3.42. The van der Waals surface area contributed by atoms with Crippen LogP contribution in [0.4, 0.5) is 5.82 Å². The van der Waals surface area contributed by atoms with Crippen molar-refractivity contribution in [1.82, 2.24) is 15.6 Å². The quantitative estimate of drug-likeness (QED) is 0.324. The van der Waals surface area contributed by atoms with E-state index in [1.54, 1.807) is 24.4 Å². The largest absolute Gasteiger partial charge is 0.508 e. The number of pyridine rings is 1. The summed E-state index contributed by atoms with van der Waals surface area (Å²) < 4.78 is 0. The number of phenols is 1. The third-order valence-electron chi connectivity index (χ3n) is 6.57. The summed E-state index contributed by atoms with van der Waals surface area (Å²) >= 11 is 0. The number of aromatic nitrogens is 1. The van der Waals surface area contributed by atoms with Crippen LogP contribution in [0.15, 0.2) is 60.8 Å². The Kier molecular flexibility index (Phi) is 8.00. The maximum atomic E-state index is 12.8. The molecule has 0 radical (unpaired) electrons. The Morgan fingerprint density at radius 1 is 1.17 bits per heavy atom. The van der Waals surface area contributed by atoms with Crippen LogP contribution in [0.1, 0.15) is 59.7 Å². The van der Waals surface area contributed by atoms with E-state index in [0.29, 0.717) is 24.5 Å². The Balaban J connectivity index is 1.29. The SMILES string of the molecule is C[C@H](Cc1cccc(CC(=O)NC2CCCc3c(O)cccc32)c1)NC[C@@H](O)c1ccc(N)nc1. The van der Waals surface area contributed by atoms with Gasteiger partial charge in [0.25, 0.3) is 0 Å². The third-order valence-corrected chi connectivity index (χ3v) is 6.57. The molecule has 1 unspecified atom stereocenters. The first-order valence-corrected chi connectivity index (χ1v) is 12.2. The lowest BCUT2D eigenvalue weighted by Gasteiger charge is -2.27. The number of rotatable bonds is 9. The number of nitrogens with zero attached hydrogens (tertiary/aromatic N) is 1. The van der Waals surface area contributed by atoms with E-state index in [1.165, 1.54) is 0 Å². The van der Waals surface area contributed by atoms with E-state index in [4.69, 9.17) is 5.73 Å². The first-order valence-electron chi connectivity index (χ1n) is 12.2. The number of hydrogen-bond acceptors (Lipinski definition) is 6. The molecular weight excluding hydrogens is 440 g/mol. The van der Waals surface area contributed by atoms with E-state index in [2.05, 4.69) is 34.7 Å². The van der Waals surface area contributed by atoms with Crippen LogP contribution in [0.5, 0.6) is 5.75 Å². The zero-order valence-corrected chi connectivity index (χ0v) is 20.1. The maximum Gasteiger partial charge on any atom is 0.224 e. The predicted molar refractivity (Wildman–Crippen MR) is 137 cm³/mol. The van der Waals surface area contributed by atoms with Gasteiger partial charge < -0.3 is 26.6 Å². The van der Waals surface area contributed by atoms with Gasteiger partial charge in [-0.05, 0) is 67.0 Å². The molecule has 4 rings (SSSR count). The normalized spacial score (nSPS) is 16.8. The summed E-state index contributed by atoms with van der Waals surface area (Å²) in [6.45, 7) is 2.48. The molecule has 3 atom stereocenters. The van der Waals surface area contributed by atoms with Crippen molar-refractivity contribution in [2.24, 2.45) is 0 Å². The minimum atomic E-state index is -0.660. The van der Waals surface area contributed by atoms with Crippen molar-refractivity contribution in [1.29, 1.82) is 0 Å². The van der Waals surface area contributed by atoms with Gasteiger partial charge in [-0.1, -0.05) is 42.5 Å². The third kappa shape index (κ3) is 6.59. The molecule has 0 saturated heterocycles. The lowest BCUT2D eigenvalue weighted by molar-refractivity contribution is -0.121. The molecule has 0 saturated carbocycles. The Labute approximate surface area is 206 Å². The van der Waals surface area contributed by atoms with Gasteiger partial charge >= 0.3 is 0 Å². The van der Waals surface area contributed by atoms with Gasteiger partial charge in [0, 0.05) is 24.3 Å². The molecule has 2 aromatic carbocycles. The summed E-state index contributed by atoms with van der Waals surface area (Å²) in [5.74, 6) is 0.725. The molecule has 184 valence electrons. The molecule has 6 N–H and O–H groups in total. The summed E-state index contributed by atoms with van der Waals surface area (Å²) in [6, 6.07) is 17.2. The fourth-order valence-corrected chi connectivity index (χ4v) is 4.75. The number of aromatic hydroxyl groups is 1. The molecule has 0 spiro atoms. The molecule has 0 aliphatic heterocycles. The average molecular weight is 475 g/mol. The number of nitrogen functional groups attached to an aromatic ring is 1. The smallest absolute Gasteiger partial charge is 0.224 e. The lowest BCUT2D eigenvalue weighted by Crippen LogP contribution is -2.32. The summed E-state index contributed by atoms with van der Waals surface area (Å²) in [6.07, 6.45) is 4.68. The molecule has 1 aliphatic rings. The number of aliphatic hydroxyl groups excluding tert-OH is 1. The van der Waals surface area contributed by atoms with Gasteiger partial charge in [0.15, 0.2) is 0 Å². The standard InChI is InChI=1S/C28H34N4O3/c1-18(30-17-26(34)21-11-12-27(29)31-16-21)13-19-5-2-6-20(14-19)15-28(35)32-24-9-3-8-23-22(24)7-4-10-25(23)33/h2,4-7,10-12,14,16,18,24,26,30,33-34H,3,8-9,13,15,17H2,1H3,(H2,29,31)(H,32,35)/t18-,24?,26-/m1/s1. The number of hydrogen-bond donors (Lipinski definition) is 5. The molecule has 35 heavy (non-hydrogen) atoms. The van der Waals surface area contributed by atoms with Crippen molar-refractivity contribution < 1.29 is 15.0 Å². The number of fused-ring (bicyclic) bond motifs is 1. The van der Waals surface area contributed by atoms with E-state index < -0.39 is 6.10 Å². The summed E-state index contributed by atoms with van der Waals surface area (Å²) in [4.78, 5) is 16.8. The van der Waals surface area contributed by atoms with Gasteiger partial charge in [0.2, 0.25) is 5.91 Å². The van der Waals surface area contributed by atoms with Crippen LogP contribution in [0, 0.1) is 0 Å². The Morgan fingerprint density at radius 2 is 1.97 bits per heavy atom. The number of aliphatic hydroxyl groups is 1. The van der Waals surface area contributed by atoms with Gasteiger partial charge in [-0.25, -0.2) is 4.98 Å². The number of nitrogens with two attached hydrogens (primary N) is 1. The minimum Gasteiger partial charge on any atom is -0.508 e. The van der Waals surface area contributed by atoms with E-state index in [1.807, 2.05) is 24.3 Å². The molecule has 0 bridgehead atoms. The summed E-state index contributed by atoms with van der Waals surface area (Å²) in [5, 5.41) is 27.0. The highest BCUT2D eigenvalue weighted by molar-refractivity contribution is 5.79. The van der Waals surface area contributed by atoms with Crippen LogP contribution >= 0.6 is 0 Å². The zero-order valence-electron chi connectivity index (χ0n) is 20.1. The van der Waals surface area contributed by atoms with Crippen LogP contribution in [-0.4, -0.2) is 33.7 Å². The maximum absolute atomic E-state index is 12.8. The van der Waals surface area contributed by atoms with Crippen molar-refractivity contribution >= 4 is 11.7 Å². The Bertz CT molecular complexity index is 1150. The molecule has 3 aromatic rings. The predicted octanol–water partition coefficient (Wildman–Crippen LogP) is 3.36. The highest BCUT2D eigenvalue weighted by atomic mass is 16.3. The van der Waals surface area contributed by atoms with Crippen LogP contribution in [0.25, 0.3) is 0 Å². The van der Waals surface area contributed by atoms with Crippen LogP contribution in [0.2, 0.25) is 0 Å². The zero-order chi connectivity index (χ0) is 24.8. The van der Waals surface area contributed by atoms with Crippen LogP contribution in [-0.2, 0) is 24.1 Å². The average Bonchev–Trinajstić information content (AvgIpc) is 2.84. The van der Waals surface area contributed by atoms with E-state index in [0.717, 1.165) is 53.5 Å². The second-order valence-corrected chi connectivity index (χ2v) is 9.40. The fourth-order valence-electron chi connectivity index (χ4n) is 4.75. The molecular formula is C28H34N4O3. The van der Waals surface area contributed by atoms with E-state index in [9.17, 15) is 15.0 Å². The number of carbonyl (C=O) groups is 1. The summed E-state index contributed by atoms with van der Waals surface area (Å²) in [7, 11) is 0. The molecule has 1 aromatic heterocycles. The monoisotopic (exact) mass is 474 g/mol. The first-order chi connectivity index (χ1) is 16.9. The highest BCUT2D eigenvalue weighted by Crippen LogP contribution is 2.34. The van der Waals surface area contributed by atoms with Gasteiger partial charge in [-0.2, -0.15) is 0 Å². The van der Waals surface area contributed by atoms with Crippen LogP contribution in [0.3, 0.4) is 0 Å². The van der Waals surface area contributed by atoms with Gasteiger partial charge in [-0.15, -0.1) is 0 Å². The molecule has 1 amide bonds. The number of carbonyl (C=O) groups excluding carboxylic acids is 1. The van der Waals surface area contributed by atoms with Crippen molar-refractivity contribution in [2.45, 2.75) is 57.2 Å². The van der Waals surface area contributed by atoms with Gasteiger partial charge in [0.05, 0.1) is 18.6 Å². The van der Waals surface area contributed by atoms with Gasteiger partial charge in [-0.3, -0.25) is 4.79 Å². The number of anilines is 1. The van der Waals surface area contributed by atoms with Gasteiger partial charge in [0.1, 0.15) is 11.6 Å². The van der Waals surface area contributed by atoms with Crippen molar-refractivity contribution in [2.75, 3.05) is 12.3 Å². The molecule has 1 heterocycles. The van der Waals surface area contributed by atoms with Crippen molar-refractivity contribution in [3.63, 3.8) is 0 Å². The summed E-state index contributed by atoms with van der Waals surface area (Å²) in [5.41, 5.74) is 10.4. The fraction of sp³-hybridized carbons (Fsp3) is 0.357. The molecule has 1 aliphatic carbocycles. The van der Waals surface area contributed by atoms with E-state index in [-0.39, 0.29) is 18.0 Å². The lowest BCUT2D eigenvalue weighted by atomic mass is 9.87. The number of amides is 1. The topological polar surface area (TPSA) is 120 Å². The minimum absolute atomic E-state index is 0.0188. The van der Waals surface area contributed by atoms with Crippen molar-refractivity contribution in [3.05, 3.63) is 88.6 Å². The number of nitrogens with one attached hydrogen (secondary N) is 2. The molecule has 7 heteroatoms. The second kappa shape index (κ2) is 11.3. The molecule has 0 fully saturated rings. The number of benzene rings is 2. The Morgan fingerprint density at radius 3 is 2.77 bits per heavy atom. The first kappa shape index (κ1) is 24.7. The van der Waals surface area contributed by atoms with E-state index >= 15 is 0 Å². The highest BCUT2D eigenvalue weighted by Gasteiger charge is 2.23. The van der Waals surface area contributed by atoms with Crippen LogP contribution < -0.4 is 16.4 Å². The molecule has 7 nitrogen and oxygen atoms in total. The van der Waals surface area contributed by atoms with Crippen molar-refractivity contribution in [3.8, 4) is 5.75 Å².